The van der Waals surface area contributed by atoms with E-state index in [2.05, 4.69) is 26.3 Å². The zero-order valence-corrected chi connectivity index (χ0v) is 20.1. The third kappa shape index (κ3) is 6.19. The molecule has 0 aromatic rings. The van der Waals surface area contributed by atoms with Crippen molar-refractivity contribution in [3.8, 4) is 0 Å². The summed E-state index contributed by atoms with van der Waals surface area (Å²) in [7, 11) is -10.3. The highest BCUT2D eigenvalue weighted by molar-refractivity contribution is 7.99. The van der Waals surface area contributed by atoms with Gasteiger partial charge in [-0.25, -0.2) is 0 Å². The molecule has 1 fully saturated rings. The second-order valence-electron chi connectivity index (χ2n) is 6.35. The minimum absolute atomic E-state index is 0.679. The SMILES string of the molecule is C=C[Si]1(C)O[Si](C)(C=C)O[Si](C)(CCSCCN)O[Si](C)(C=C)O1. The molecule has 0 aromatic heterocycles. The van der Waals surface area contributed by atoms with Crippen LogP contribution in [0.15, 0.2) is 36.8 Å². The highest BCUT2D eigenvalue weighted by atomic mass is 32.2. The van der Waals surface area contributed by atoms with Crippen molar-refractivity contribution in [1.29, 1.82) is 0 Å². The average molecular weight is 422 g/mol. The van der Waals surface area contributed by atoms with Crippen LogP contribution >= 0.6 is 11.8 Å². The van der Waals surface area contributed by atoms with Crippen LogP contribution in [0, 0.1) is 0 Å². The first-order chi connectivity index (χ1) is 11.1. The molecular weight excluding hydrogens is 391 g/mol. The Morgan fingerprint density at radius 2 is 1.21 bits per heavy atom. The van der Waals surface area contributed by atoms with E-state index in [1.54, 1.807) is 5.70 Å². The monoisotopic (exact) mass is 421 g/mol. The molecule has 24 heavy (non-hydrogen) atoms. The minimum Gasteiger partial charge on any atom is -0.413 e. The Kier molecular flexibility index (Phi) is 8.12. The van der Waals surface area contributed by atoms with Crippen LogP contribution in [0.4, 0.5) is 0 Å². The van der Waals surface area contributed by atoms with Gasteiger partial charge in [-0.15, -0.1) is 19.7 Å². The number of rotatable bonds is 8. The van der Waals surface area contributed by atoms with Crippen molar-refractivity contribution in [2.75, 3.05) is 18.1 Å². The maximum atomic E-state index is 6.55. The van der Waals surface area contributed by atoms with Crippen molar-refractivity contribution in [3.63, 3.8) is 0 Å². The van der Waals surface area contributed by atoms with Crippen molar-refractivity contribution >= 4 is 46.0 Å². The molecular formula is C14H31NO4SSi4. The third-order valence-corrected chi connectivity index (χ3v) is 21.7. The lowest BCUT2D eigenvalue weighted by Crippen LogP contribution is -2.66. The summed E-state index contributed by atoms with van der Waals surface area (Å²) in [6.45, 7) is 20.5. The van der Waals surface area contributed by atoms with Gasteiger partial charge in [0.1, 0.15) is 0 Å². The molecule has 2 N–H and O–H groups in total. The van der Waals surface area contributed by atoms with E-state index in [0.717, 1.165) is 17.5 Å². The largest absolute Gasteiger partial charge is 0.413 e. The van der Waals surface area contributed by atoms with E-state index in [9.17, 15) is 0 Å². The molecule has 1 heterocycles. The number of thioether (sulfide) groups is 1. The fraction of sp³-hybridized carbons (Fsp3) is 0.571. The molecule has 2 unspecified atom stereocenters. The van der Waals surface area contributed by atoms with Gasteiger partial charge in [-0.2, -0.15) is 11.8 Å². The second kappa shape index (κ2) is 8.75. The van der Waals surface area contributed by atoms with Crippen LogP contribution in [-0.2, 0) is 16.5 Å². The van der Waals surface area contributed by atoms with Crippen molar-refractivity contribution in [3.05, 3.63) is 36.8 Å². The van der Waals surface area contributed by atoms with Crippen molar-refractivity contribution in [2.45, 2.75) is 32.2 Å². The smallest absolute Gasteiger partial charge is 0.344 e. The summed E-state index contributed by atoms with van der Waals surface area (Å²) < 4.78 is 25.9. The lowest BCUT2D eigenvalue weighted by molar-refractivity contribution is 0.244. The molecule has 1 aliphatic heterocycles. The zero-order chi connectivity index (χ0) is 18.5. The van der Waals surface area contributed by atoms with Crippen molar-refractivity contribution in [1.82, 2.24) is 0 Å². The Labute approximate surface area is 155 Å². The third-order valence-electron chi connectivity index (χ3n) is 3.72. The normalized spacial score (nSPS) is 40.4. The van der Waals surface area contributed by atoms with Crippen LogP contribution < -0.4 is 5.73 Å². The number of hydrogen-bond acceptors (Lipinski definition) is 6. The quantitative estimate of drug-likeness (QED) is 0.479. The number of hydrogen-bond donors (Lipinski definition) is 1. The van der Waals surface area contributed by atoms with Gasteiger partial charge in [0, 0.05) is 12.3 Å². The van der Waals surface area contributed by atoms with E-state index in [-0.39, 0.29) is 0 Å². The first-order valence-electron chi connectivity index (χ1n) is 8.06. The van der Waals surface area contributed by atoms with E-state index in [1.807, 2.05) is 42.8 Å². The highest BCUT2D eigenvalue weighted by Crippen LogP contribution is 2.34. The first-order valence-corrected chi connectivity index (χ1v) is 18.9. The summed E-state index contributed by atoms with van der Waals surface area (Å²) in [6, 6.07) is 0.851. The van der Waals surface area contributed by atoms with Crippen molar-refractivity contribution in [2.24, 2.45) is 5.73 Å². The van der Waals surface area contributed by atoms with E-state index in [4.69, 9.17) is 22.2 Å². The van der Waals surface area contributed by atoms with E-state index < -0.39 is 34.2 Å². The summed E-state index contributed by atoms with van der Waals surface area (Å²) >= 11 is 1.82. The topological polar surface area (TPSA) is 62.9 Å². The highest BCUT2D eigenvalue weighted by Gasteiger charge is 2.54. The van der Waals surface area contributed by atoms with Gasteiger partial charge < -0.3 is 22.2 Å². The summed E-state index contributed by atoms with van der Waals surface area (Å²) in [6.07, 6.45) is 0. The molecule has 0 spiro atoms. The zero-order valence-electron chi connectivity index (χ0n) is 15.3. The lowest BCUT2D eigenvalue weighted by Gasteiger charge is -2.47. The molecule has 2 atom stereocenters. The van der Waals surface area contributed by atoms with Gasteiger partial charge in [0.05, 0.1) is 0 Å². The maximum absolute atomic E-state index is 6.55. The predicted octanol–water partition coefficient (Wildman–Crippen LogP) is 3.22. The predicted molar refractivity (Wildman–Crippen MR) is 113 cm³/mol. The standard InChI is InChI=1S/C14H31NO4SSi4/c1-8-21(4)16-22(5,9-2)18-24(7,14-13-20-12-11-15)19-23(6,10-3)17-21/h8-10H,1-3,11-15H2,4-7H3. The van der Waals surface area contributed by atoms with E-state index in [1.165, 1.54) is 0 Å². The Hall–Kier alpha value is 0.238. The summed E-state index contributed by atoms with van der Waals surface area (Å²) in [5.41, 5.74) is 11.0. The lowest BCUT2D eigenvalue weighted by atomic mass is 10.8. The van der Waals surface area contributed by atoms with Crippen LogP contribution in [0.1, 0.15) is 0 Å². The Bertz CT molecular complexity index is 458. The van der Waals surface area contributed by atoms with Gasteiger partial charge in [-0.3, -0.25) is 0 Å². The Morgan fingerprint density at radius 1 is 0.792 bits per heavy atom. The molecule has 5 nitrogen and oxygen atoms in total. The minimum atomic E-state index is -2.62. The molecule has 0 radical (unpaired) electrons. The average Bonchev–Trinajstić information content (AvgIpc) is 2.50. The maximum Gasteiger partial charge on any atom is 0.344 e. The summed E-state index contributed by atoms with van der Waals surface area (Å²) in [5.74, 6) is 1.88. The molecule has 1 rings (SSSR count). The molecule has 0 saturated carbocycles. The summed E-state index contributed by atoms with van der Waals surface area (Å²) in [4.78, 5) is 0. The van der Waals surface area contributed by atoms with E-state index in [0.29, 0.717) is 6.54 Å². The number of nitrogens with two attached hydrogens (primary N) is 1. The first kappa shape index (κ1) is 22.3. The molecule has 1 saturated heterocycles. The van der Waals surface area contributed by atoms with Crippen LogP contribution in [0.25, 0.3) is 0 Å². The van der Waals surface area contributed by atoms with Crippen LogP contribution in [-0.4, -0.2) is 52.3 Å². The summed E-state index contributed by atoms with van der Waals surface area (Å²) in [5, 5.41) is 0. The van der Waals surface area contributed by atoms with E-state index >= 15 is 0 Å². The molecule has 138 valence electrons. The fourth-order valence-corrected chi connectivity index (χ4v) is 23.3. The van der Waals surface area contributed by atoms with Gasteiger partial charge in [0.25, 0.3) is 0 Å². The Morgan fingerprint density at radius 3 is 1.58 bits per heavy atom. The molecule has 0 bridgehead atoms. The van der Waals surface area contributed by atoms with Crippen LogP contribution in [0.2, 0.25) is 32.2 Å². The molecule has 0 aromatic carbocycles. The molecule has 1 aliphatic rings. The van der Waals surface area contributed by atoms with Gasteiger partial charge >= 0.3 is 34.2 Å². The van der Waals surface area contributed by atoms with Gasteiger partial charge in [0.15, 0.2) is 0 Å². The van der Waals surface area contributed by atoms with Crippen LogP contribution in [0.3, 0.4) is 0 Å². The van der Waals surface area contributed by atoms with Gasteiger partial charge in [-0.05, 0) is 38.0 Å². The van der Waals surface area contributed by atoms with Crippen LogP contribution in [0.5, 0.6) is 0 Å². The molecule has 0 aliphatic carbocycles. The molecule has 0 amide bonds. The van der Waals surface area contributed by atoms with Gasteiger partial charge in [0.2, 0.25) is 0 Å². The second-order valence-corrected chi connectivity index (χ2v) is 20.9. The fourth-order valence-electron chi connectivity index (χ4n) is 2.54. The van der Waals surface area contributed by atoms with Gasteiger partial charge in [-0.1, -0.05) is 17.1 Å². The Balaban J connectivity index is 3.10. The molecule has 10 heteroatoms. The van der Waals surface area contributed by atoms with Crippen molar-refractivity contribution < 1.29 is 16.5 Å².